The van der Waals surface area contributed by atoms with Crippen molar-refractivity contribution in [3.05, 3.63) is 53.5 Å². The van der Waals surface area contributed by atoms with Crippen molar-refractivity contribution < 1.29 is 9.52 Å². The zero-order chi connectivity index (χ0) is 13.5. The average molecular weight is 277 g/mol. The van der Waals surface area contributed by atoms with Crippen LogP contribution in [0.3, 0.4) is 0 Å². The maximum atomic E-state index is 9.19. The summed E-state index contributed by atoms with van der Waals surface area (Å²) in [5, 5.41) is 12.6. The summed E-state index contributed by atoms with van der Waals surface area (Å²) in [6.07, 6.45) is 3.01. The highest BCUT2D eigenvalue weighted by molar-refractivity contribution is 7.97. The van der Waals surface area contributed by atoms with Gasteiger partial charge in [0.1, 0.15) is 17.3 Å². The minimum absolute atomic E-state index is 0.314. The van der Waals surface area contributed by atoms with Crippen LogP contribution in [0.5, 0.6) is 5.75 Å². The van der Waals surface area contributed by atoms with Gasteiger partial charge in [-0.25, -0.2) is 0 Å². The van der Waals surface area contributed by atoms with Gasteiger partial charge in [-0.1, -0.05) is 12.1 Å². The molecule has 0 spiro atoms. The monoisotopic (exact) mass is 277 g/mol. The summed E-state index contributed by atoms with van der Waals surface area (Å²) in [7, 11) is 0. The van der Waals surface area contributed by atoms with Crippen molar-refractivity contribution in [3.8, 4) is 5.75 Å². The largest absolute Gasteiger partial charge is 0.508 e. The zero-order valence-corrected chi connectivity index (χ0v) is 11.9. The highest BCUT2D eigenvalue weighted by Gasteiger charge is 2.01. The second kappa shape index (κ2) is 7.26. The van der Waals surface area contributed by atoms with Gasteiger partial charge in [-0.05, 0) is 49.1 Å². The lowest BCUT2D eigenvalue weighted by molar-refractivity contribution is 0.460. The number of thioether (sulfide) groups is 1. The molecule has 0 atom stereocenters. The Balaban J connectivity index is 1.69. The second-order valence-corrected chi connectivity index (χ2v) is 5.26. The fourth-order valence-electron chi connectivity index (χ4n) is 1.84. The Morgan fingerprint density at radius 3 is 2.58 bits per heavy atom. The smallest absolute Gasteiger partial charge is 0.117 e. The summed E-state index contributed by atoms with van der Waals surface area (Å²) in [6, 6.07) is 11.4. The molecule has 0 saturated carbocycles. The number of phenolic OH excluding ortho intramolecular Hbond substituents is 1. The Morgan fingerprint density at radius 2 is 1.84 bits per heavy atom. The first-order valence-corrected chi connectivity index (χ1v) is 7.72. The number of aromatic hydroxyl groups is 1. The van der Waals surface area contributed by atoms with Crippen molar-refractivity contribution in [1.82, 2.24) is 5.32 Å². The highest BCUT2D eigenvalue weighted by Crippen LogP contribution is 2.13. The molecule has 0 saturated heterocycles. The molecule has 1 aromatic heterocycles. The third kappa shape index (κ3) is 4.65. The lowest BCUT2D eigenvalue weighted by atomic mass is 10.1. The zero-order valence-electron chi connectivity index (χ0n) is 11.1. The molecule has 0 aliphatic heterocycles. The average Bonchev–Trinajstić information content (AvgIpc) is 2.85. The Kier molecular flexibility index (Phi) is 5.36. The van der Waals surface area contributed by atoms with Gasteiger partial charge in [0.15, 0.2) is 0 Å². The topological polar surface area (TPSA) is 45.4 Å². The van der Waals surface area contributed by atoms with Crippen LogP contribution in [0.2, 0.25) is 0 Å². The normalized spacial score (nSPS) is 10.8. The molecule has 0 amide bonds. The van der Waals surface area contributed by atoms with Gasteiger partial charge in [-0.3, -0.25) is 0 Å². The fraction of sp³-hybridized carbons (Fsp3) is 0.333. The minimum Gasteiger partial charge on any atom is -0.508 e. The second-order valence-electron chi connectivity index (χ2n) is 4.39. The molecule has 4 heteroatoms. The van der Waals surface area contributed by atoms with Gasteiger partial charge in [0.05, 0.1) is 12.3 Å². The first kappa shape index (κ1) is 14.0. The van der Waals surface area contributed by atoms with Gasteiger partial charge >= 0.3 is 0 Å². The first-order chi connectivity index (χ1) is 9.28. The minimum atomic E-state index is 0.314. The maximum Gasteiger partial charge on any atom is 0.117 e. The molecular weight excluding hydrogens is 258 g/mol. The molecule has 102 valence electrons. The number of nitrogens with one attached hydrogen (secondary N) is 1. The van der Waals surface area contributed by atoms with Crippen LogP contribution < -0.4 is 5.32 Å². The van der Waals surface area contributed by atoms with Gasteiger partial charge in [0.25, 0.3) is 0 Å². The lowest BCUT2D eigenvalue weighted by Gasteiger charge is -2.03. The van der Waals surface area contributed by atoms with E-state index in [4.69, 9.17) is 4.42 Å². The Labute approximate surface area is 118 Å². The number of phenols is 1. The van der Waals surface area contributed by atoms with E-state index in [1.165, 1.54) is 5.56 Å². The van der Waals surface area contributed by atoms with Gasteiger partial charge < -0.3 is 14.8 Å². The van der Waals surface area contributed by atoms with Gasteiger partial charge in [0.2, 0.25) is 0 Å². The van der Waals surface area contributed by atoms with Gasteiger partial charge in [-0.2, -0.15) is 11.8 Å². The van der Waals surface area contributed by atoms with Crippen molar-refractivity contribution in [3.63, 3.8) is 0 Å². The quantitative estimate of drug-likeness (QED) is 0.763. The van der Waals surface area contributed by atoms with E-state index in [1.54, 1.807) is 23.9 Å². The van der Waals surface area contributed by atoms with E-state index < -0.39 is 0 Å². The van der Waals surface area contributed by atoms with Crippen molar-refractivity contribution in [1.29, 1.82) is 0 Å². The van der Waals surface area contributed by atoms with E-state index in [0.717, 1.165) is 36.8 Å². The molecule has 0 radical (unpaired) electrons. The summed E-state index contributed by atoms with van der Waals surface area (Å²) >= 11 is 1.76. The van der Waals surface area contributed by atoms with Crippen LogP contribution in [0.15, 0.2) is 40.8 Å². The summed E-state index contributed by atoms with van der Waals surface area (Å²) in [4.78, 5) is 0. The van der Waals surface area contributed by atoms with Crippen LogP contribution in [0.4, 0.5) is 0 Å². The summed E-state index contributed by atoms with van der Waals surface area (Å²) in [5.41, 5.74) is 1.22. The predicted molar refractivity (Wildman–Crippen MR) is 79.4 cm³/mol. The molecule has 0 unspecified atom stereocenters. The van der Waals surface area contributed by atoms with E-state index in [-0.39, 0.29) is 0 Å². The summed E-state index contributed by atoms with van der Waals surface area (Å²) < 4.78 is 5.68. The van der Waals surface area contributed by atoms with Gasteiger partial charge in [0, 0.05) is 0 Å². The van der Waals surface area contributed by atoms with E-state index in [1.807, 2.05) is 24.3 Å². The summed E-state index contributed by atoms with van der Waals surface area (Å²) in [5.74, 6) is 3.25. The Morgan fingerprint density at radius 1 is 1.11 bits per heavy atom. The van der Waals surface area contributed by atoms with Crippen molar-refractivity contribution >= 4 is 11.8 Å². The molecule has 0 fully saturated rings. The van der Waals surface area contributed by atoms with Crippen LogP contribution in [0, 0.1) is 0 Å². The molecule has 19 heavy (non-hydrogen) atoms. The molecular formula is C15H19NO2S. The number of hydrogen-bond donors (Lipinski definition) is 2. The van der Waals surface area contributed by atoms with Crippen molar-refractivity contribution in [2.45, 2.75) is 18.7 Å². The third-order valence-electron chi connectivity index (χ3n) is 2.83. The molecule has 0 bridgehead atoms. The SMILES string of the molecule is CSCc1ccc(CNCCc2ccc(O)cc2)o1. The molecule has 0 aliphatic carbocycles. The number of benzene rings is 1. The standard InChI is InChI=1S/C15H19NO2S/c1-19-11-15-7-6-14(18-15)10-16-9-8-12-2-4-13(17)5-3-12/h2-7,16-17H,8-11H2,1H3. The highest BCUT2D eigenvalue weighted by atomic mass is 32.2. The van der Waals surface area contributed by atoms with E-state index in [2.05, 4.69) is 11.6 Å². The van der Waals surface area contributed by atoms with E-state index in [0.29, 0.717) is 5.75 Å². The van der Waals surface area contributed by atoms with Crippen LogP contribution in [0.25, 0.3) is 0 Å². The summed E-state index contributed by atoms with van der Waals surface area (Å²) in [6.45, 7) is 1.65. The third-order valence-corrected chi connectivity index (χ3v) is 3.40. The van der Waals surface area contributed by atoms with Crippen LogP contribution in [-0.2, 0) is 18.7 Å². The molecule has 2 aromatic rings. The molecule has 1 heterocycles. The Bertz CT molecular complexity index is 493. The molecule has 3 nitrogen and oxygen atoms in total. The van der Waals surface area contributed by atoms with Crippen molar-refractivity contribution in [2.24, 2.45) is 0 Å². The lowest BCUT2D eigenvalue weighted by Crippen LogP contribution is -2.16. The van der Waals surface area contributed by atoms with Crippen LogP contribution >= 0.6 is 11.8 Å². The molecule has 2 N–H and O–H groups in total. The number of hydrogen-bond acceptors (Lipinski definition) is 4. The number of furan rings is 1. The van der Waals surface area contributed by atoms with E-state index in [9.17, 15) is 5.11 Å². The van der Waals surface area contributed by atoms with E-state index >= 15 is 0 Å². The van der Waals surface area contributed by atoms with Crippen molar-refractivity contribution in [2.75, 3.05) is 12.8 Å². The molecule has 0 aliphatic rings. The Hall–Kier alpha value is -1.39. The van der Waals surface area contributed by atoms with Crippen LogP contribution in [-0.4, -0.2) is 17.9 Å². The molecule has 1 aromatic carbocycles. The maximum absolute atomic E-state index is 9.19. The van der Waals surface area contributed by atoms with Gasteiger partial charge in [-0.15, -0.1) is 0 Å². The fourth-order valence-corrected chi connectivity index (χ4v) is 2.28. The molecule has 2 rings (SSSR count). The predicted octanol–water partition coefficient (Wildman–Crippen LogP) is 3.18. The first-order valence-electron chi connectivity index (χ1n) is 6.33. The number of rotatable bonds is 7. The van der Waals surface area contributed by atoms with Crippen LogP contribution in [0.1, 0.15) is 17.1 Å².